The van der Waals surface area contributed by atoms with Crippen molar-refractivity contribution in [3.63, 3.8) is 0 Å². The van der Waals surface area contributed by atoms with Crippen molar-refractivity contribution in [1.29, 1.82) is 0 Å². The molecule has 1 atom stereocenters. The Kier molecular flexibility index (Phi) is 3.06. The Morgan fingerprint density at radius 1 is 1.60 bits per heavy atom. The predicted octanol–water partition coefficient (Wildman–Crippen LogP) is -0.343. The van der Waals surface area contributed by atoms with Crippen molar-refractivity contribution in [2.75, 3.05) is 13.1 Å². The summed E-state index contributed by atoms with van der Waals surface area (Å²) >= 11 is 0. The summed E-state index contributed by atoms with van der Waals surface area (Å²) in [7, 11) is -4.67. The Bertz CT molecular complexity index is 359. The van der Waals surface area contributed by atoms with Crippen molar-refractivity contribution in [2.45, 2.75) is 31.1 Å². The monoisotopic (exact) mass is 239 g/mol. The Morgan fingerprint density at radius 3 is 2.47 bits per heavy atom. The van der Waals surface area contributed by atoms with Gasteiger partial charge in [0.15, 0.2) is 0 Å². The van der Waals surface area contributed by atoms with Crippen molar-refractivity contribution in [2.24, 2.45) is 0 Å². The van der Waals surface area contributed by atoms with Crippen LogP contribution in [0.1, 0.15) is 20.3 Å². The molecule has 0 aliphatic carbocycles. The highest BCUT2D eigenvalue weighted by molar-refractivity contribution is 7.87. The number of carbonyl (C=O) groups is 1. The first-order chi connectivity index (χ1) is 6.59. The average Bonchev–Trinajstić information content (AvgIpc) is 2.27. The van der Waals surface area contributed by atoms with Gasteiger partial charge in [-0.25, -0.2) is 0 Å². The molecular weight excluding hydrogens is 225 g/mol. The fourth-order valence-corrected chi connectivity index (χ4v) is 2.24. The van der Waals surface area contributed by atoms with E-state index in [4.69, 9.17) is 0 Å². The van der Waals surface area contributed by atoms with Crippen molar-refractivity contribution >= 4 is 16.1 Å². The molecule has 1 heterocycles. The number of halogens is 1. The van der Waals surface area contributed by atoms with Gasteiger partial charge in [-0.2, -0.15) is 8.42 Å². The zero-order chi connectivity index (χ0) is 11.9. The summed E-state index contributed by atoms with van der Waals surface area (Å²) in [5, 5.41) is 8.16. The minimum absolute atomic E-state index is 0.0118. The molecule has 5 nitrogen and oxygen atoms in total. The van der Waals surface area contributed by atoms with Crippen LogP contribution in [0, 0.1) is 0 Å². The van der Waals surface area contributed by atoms with Crippen LogP contribution >= 0.6 is 0 Å². The number of hydrogen-bond acceptors (Lipinski definition) is 4. The minimum atomic E-state index is -4.67. The molecule has 0 bridgehead atoms. The summed E-state index contributed by atoms with van der Waals surface area (Å²) in [5.74, 6) is -0.441. The number of hydrogen-bond donors (Lipinski definition) is 1. The predicted molar refractivity (Wildman–Crippen MR) is 51.3 cm³/mol. The molecule has 0 aromatic rings. The zero-order valence-electron chi connectivity index (χ0n) is 8.60. The lowest BCUT2D eigenvalue weighted by Crippen LogP contribution is -2.40. The first-order valence-corrected chi connectivity index (χ1v) is 5.98. The maximum absolute atomic E-state index is 12.6. The molecule has 15 heavy (non-hydrogen) atoms. The number of carbonyl (C=O) groups excluding carboxylic acids is 1. The standard InChI is InChI=1S/C8H14FNO4S/c1-8(2,12)5-10-4-6(3-7(10)11)15(9,13)14/h6,12H,3-5H2,1-2H3. The molecule has 88 valence electrons. The summed E-state index contributed by atoms with van der Waals surface area (Å²) in [6.45, 7) is 2.83. The fraction of sp³-hybridized carbons (Fsp3) is 0.875. The molecule has 7 heteroatoms. The van der Waals surface area contributed by atoms with Gasteiger partial charge in [-0.3, -0.25) is 4.79 Å². The van der Waals surface area contributed by atoms with Crippen molar-refractivity contribution in [1.82, 2.24) is 4.90 Å². The molecule has 1 rings (SSSR count). The third-order valence-corrected chi connectivity index (χ3v) is 3.27. The lowest BCUT2D eigenvalue weighted by molar-refractivity contribution is -0.130. The van der Waals surface area contributed by atoms with E-state index in [9.17, 15) is 22.2 Å². The lowest BCUT2D eigenvalue weighted by Gasteiger charge is -2.25. The van der Waals surface area contributed by atoms with E-state index in [-0.39, 0.29) is 19.5 Å². The van der Waals surface area contributed by atoms with E-state index in [1.54, 1.807) is 0 Å². The summed E-state index contributed by atoms with van der Waals surface area (Å²) in [6, 6.07) is 0. The number of β-amino-alcohol motifs (C(OH)–C–C–N with tert-alkyl or cyclic N) is 1. The lowest BCUT2D eigenvalue weighted by atomic mass is 10.1. The quantitative estimate of drug-likeness (QED) is 0.684. The van der Waals surface area contributed by atoms with Gasteiger partial charge in [0, 0.05) is 19.5 Å². The topological polar surface area (TPSA) is 74.7 Å². The van der Waals surface area contributed by atoms with E-state index in [1.165, 1.54) is 18.7 Å². The van der Waals surface area contributed by atoms with Crippen LogP contribution in [0.2, 0.25) is 0 Å². The van der Waals surface area contributed by atoms with Gasteiger partial charge in [0.05, 0.1) is 5.60 Å². The fourth-order valence-electron chi connectivity index (χ4n) is 1.54. The Labute approximate surface area is 88.1 Å². The van der Waals surface area contributed by atoms with Crippen molar-refractivity contribution in [3.05, 3.63) is 0 Å². The second-order valence-corrected chi connectivity index (χ2v) is 6.01. The minimum Gasteiger partial charge on any atom is -0.389 e. The maximum Gasteiger partial charge on any atom is 0.307 e. The second kappa shape index (κ2) is 3.71. The molecule has 0 spiro atoms. The van der Waals surface area contributed by atoms with Gasteiger partial charge in [0.1, 0.15) is 5.25 Å². The summed E-state index contributed by atoms with van der Waals surface area (Å²) in [5.41, 5.74) is -1.11. The van der Waals surface area contributed by atoms with Crippen LogP contribution in [-0.4, -0.2) is 48.3 Å². The SMILES string of the molecule is CC(C)(O)CN1CC(S(=O)(=O)F)CC1=O. The average molecular weight is 239 g/mol. The third kappa shape index (κ3) is 3.42. The number of nitrogens with zero attached hydrogens (tertiary/aromatic N) is 1. The third-order valence-electron chi connectivity index (χ3n) is 2.15. The molecule has 0 aromatic heterocycles. The maximum atomic E-state index is 12.6. The van der Waals surface area contributed by atoms with Gasteiger partial charge in [-0.05, 0) is 13.8 Å². The van der Waals surface area contributed by atoms with Gasteiger partial charge in [0.2, 0.25) is 5.91 Å². The Balaban J connectivity index is 2.70. The number of rotatable bonds is 3. The second-order valence-electron chi connectivity index (χ2n) is 4.39. The highest BCUT2D eigenvalue weighted by Crippen LogP contribution is 2.21. The van der Waals surface area contributed by atoms with E-state index in [0.717, 1.165) is 0 Å². The Hall–Kier alpha value is -0.690. The number of likely N-dealkylation sites (tertiary alicyclic amines) is 1. The summed E-state index contributed by atoms with van der Waals surface area (Å²) < 4.78 is 33.8. The molecule has 1 fully saturated rings. The van der Waals surface area contributed by atoms with Crippen LogP contribution in [0.4, 0.5) is 3.89 Å². The van der Waals surface area contributed by atoms with E-state index in [1.807, 2.05) is 0 Å². The van der Waals surface area contributed by atoms with Crippen molar-refractivity contribution in [3.8, 4) is 0 Å². The van der Waals surface area contributed by atoms with Crippen LogP contribution in [0.5, 0.6) is 0 Å². The van der Waals surface area contributed by atoms with E-state index >= 15 is 0 Å². The highest BCUT2D eigenvalue weighted by atomic mass is 32.3. The Morgan fingerprint density at radius 2 is 2.13 bits per heavy atom. The van der Waals surface area contributed by atoms with Gasteiger partial charge < -0.3 is 10.0 Å². The van der Waals surface area contributed by atoms with Crippen LogP contribution in [0.3, 0.4) is 0 Å². The van der Waals surface area contributed by atoms with Gasteiger partial charge in [-0.1, -0.05) is 0 Å². The molecule has 1 unspecified atom stereocenters. The molecule has 0 saturated carbocycles. The normalized spacial score (nSPS) is 23.6. The van der Waals surface area contributed by atoms with E-state index in [2.05, 4.69) is 0 Å². The molecule has 1 amide bonds. The largest absolute Gasteiger partial charge is 0.389 e. The molecule has 0 radical (unpaired) electrons. The number of amides is 1. The molecular formula is C8H14FNO4S. The van der Waals surface area contributed by atoms with Gasteiger partial charge in [-0.15, -0.1) is 3.89 Å². The van der Waals surface area contributed by atoms with Crippen LogP contribution in [0.15, 0.2) is 0 Å². The van der Waals surface area contributed by atoms with Crippen LogP contribution in [0.25, 0.3) is 0 Å². The summed E-state index contributed by atoms with van der Waals surface area (Å²) in [4.78, 5) is 12.5. The number of aliphatic hydroxyl groups is 1. The molecule has 1 N–H and O–H groups in total. The molecule has 0 aromatic carbocycles. The molecule has 1 aliphatic rings. The zero-order valence-corrected chi connectivity index (χ0v) is 9.42. The van der Waals surface area contributed by atoms with E-state index in [0.29, 0.717) is 0 Å². The first-order valence-electron chi connectivity index (χ1n) is 4.53. The van der Waals surface area contributed by atoms with E-state index < -0.39 is 27.0 Å². The van der Waals surface area contributed by atoms with Crippen LogP contribution in [-0.2, 0) is 15.0 Å². The van der Waals surface area contributed by atoms with Gasteiger partial charge >= 0.3 is 10.2 Å². The van der Waals surface area contributed by atoms with Crippen LogP contribution < -0.4 is 0 Å². The summed E-state index contributed by atoms with van der Waals surface area (Å²) in [6.07, 6.45) is -0.338. The first kappa shape index (κ1) is 12.4. The molecule has 1 saturated heterocycles. The smallest absolute Gasteiger partial charge is 0.307 e. The molecule has 1 aliphatic heterocycles. The van der Waals surface area contributed by atoms with Crippen molar-refractivity contribution < 1.29 is 22.2 Å². The highest BCUT2D eigenvalue weighted by Gasteiger charge is 2.39. The van der Waals surface area contributed by atoms with Gasteiger partial charge in [0.25, 0.3) is 0 Å².